The van der Waals surface area contributed by atoms with E-state index in [-0.39, 0.29) is 0 Å². The minimum absolute atomic E-state index is 0.661. The molecule has 0 heterocycles. The Bertz CT molecular complexity index is 189. The maximum absolute atomic E-state index is 5.51. The van der Waals surface area contributed by atoms with Gasteiger partial charge in [0.1, 0.15) is 0 Å². The van der Waals surface area contributed by atoms with E-state index in [0.717, 1.165) is 38.5 Å². The molecule has 8 N–H and O–H groups in total. The molecular weight excluding hydrogens is 260 g/mol. The molecule has 0 spiro atoms. The van der Waals surface area contributed by atoms with Crippen LogP contribution in [0.4, 0.5) is 0 Å². The summed E-state index contributed by atoms with van der Waals surface area (Å²) in [6.45, 7) is 12.1. The molecule has 0 rings (SSSR count). The molecule has 0 aromatic rings. The Morgan fingerprint density at radius 1 is 0.476 bits per heavy atom. The average molecular weight is 303 g/mol. The summed E-state index contributed by atoms with van der Waals surface area (Å²) in [6.07, 6.45) is 6.11. The maximum Gasteiger partial charge on any atom is -0.00515 e. The van der Waals surface area contributed by atoms with Gasteiger partial charge in [-0.2, -0.15) is 0 Å². The van der Waals surface area contributed by atoms with E-state index in [9.17, 15) is 0 Å². The second-order valence-corrected chi connectivity index (χ2v) is 6.86. The minimum atomic E-state index is 0.661. The van der Waals surface area contributed by atoms with Crippen LogP contribution in [0.2, 0.25) is 0 Å². The summed E-state index contributed by atoms with van der Waals surface area (Å²) in [6, 6.07) is 0. The van der Waals surface area contributed by atoms with Crippen LogP contribution in [0.1, 0.15) is 59.8 Å². The van der Waals surface area contributed by atoms with Gasteiger partial charge >= 0.3 is 0 Å². The number of hydrogen-bond acceptors (Lipinski definition) is 4. The Labute approximate surface area is 133 Å². The molecule has 0 amide bonds. The molecule has 0 aliphatic carbocycles. The second kappa shape index (κ2) is 16.2. The molecule has 0 aromatic heterocycles. The van der Waals surface area contributed by atoms with E-state index >= 15 is 0 Å². The molecular formula is C17H42N4. The first-order chi connectivity index (χ1) is 9.90. The van der Waals surface area contributed by atoms with Crippen molar-refractivity contribution in [3.05, 3.63) is 0 Å². The third-order valence-electron chi connectivity index (χ3n) is 4.17. The van der Waals surface area contributed by atoms with E-state index in [4.69, 9.17) is 22.9 Å². The molecule has 4 nitrogen and oxygen atoms in total. The predicted octanol–water partition coefficient (Wildman–Crippen LogP) is 2.30. The van der Waals surface area contributed by atoms with Gasteiger partial charge in [-0.05, 0) is 75.5 Å². The Morgan fingerprint density at radius 2 is 0.762 bits per heavy atom. The van der Waals surface area contributed by atoms with Crippen LogP contribution in [-0.2, 0) is 0 Å². The largest absolute Gasteiger partial charge is 0.330 e. The molecule has 130 valence electrons. The van der Waals surface area contributed by atoms with Crippen LogP contribution >= 0.6 is 0 Å². The zero-order valence-electron chi connectivity index (χ0n) is 15.0. The monoisotopic (exact) mass is 302 g/mol. The van der Waals surface area contributed by atoms with Crippen molar-refractivity contribution in [1.29, 1.82) is 0 Å². The van der Waals surface area contributed by atoms with Gasteiger partial charge in [-0.3, -0.25) is 0 Å². The lowest BCUT2D eigenvalue weighted by molar-refractivity contribution is 0.420. The molecule has 0 fully saturated rings. The Morgan fingerprint density at radius 3 is 1.00 bits per heavy atom. The molecule has 0 saturated heterocycles. The molecule has 4 atom stereocenters. The highest BCUT2D eigenvalue weighted by atomic mass is 14.6. The molecule has 0 aliphatic heterocycles. The number of nitrogens with two attached hydrogens (primary N) is 4. The van der Waals surface area contributed by atoms with Gasteiger partial charge in [-0.1, -0.05) is 34.1 Å². The molecule has 0 radical (unpaired) electrons. The summed E-state index contributed by atoms with van der Waals surface area (Å²) in [5.74, 6) is 2.77. The van der Waals surface area contributed by atoms with Gasteiger partial charge in [0.05, 0.1) is 0 Å². The highest BCUT2D eigenvalue weighted by Crippen LogP contribution is 2.13. The third kappa shape index (κ3) is 17.8. The van der Waals surface area contributed by atoms with Crippen LogP contribution in [0.3, 0.4) is 0 Å². The fraction of sp³-hybridized carbons (Fsp3) is 1.00. The fourth-order valence-corrected chi connectivity index (χ4v) is 1.92. The summed E-state index contributed by atoms with van der Waals surface area (Å²) < 4.78 is 0. The van der Waals surface area contributed by atoms with Crippen molar-refractivity contribution in [2.45, 2.75) is 59.8 Å². The lowest BCUT2D eigenvalue weighted by Crippen LogP contribution is -2.15. The molecule has 0 aliphatic rings. The van der Waals surface area contributed by atoms with Gasteiger partial charge in [0.15, 0.2) is 0 Å². The van der Waals surface area contributed by atoms with Crippen LogP contribution < -0.4 is 22.9 Å². The van der Waals surface area contributed by atoms with Gasteiger partial charge in [0, 0.05) is 0 Å². The van der Waals surface area contributed by atoms with Crippen molar-refractivity contribution in [1.82, 2.24) is 0 Å². The Hall–Kier alpha value is -0.160. The number of hydrogen-bond donors (Lipinski definition) is 4. The van der Waals surface area contributed by atoms with Crippen LogP contribution in [0.15, 0.2) is 0 Å². The molecule has 4 unspecified atom stereocenters. The standard InChI is InChI=1S/C9H22N2.C8H20N2/c1-8(5-6-10)3-4-9(2)7-11;1-7(5-9)3-4-8(2)6-10/h8-9H,3-7,10-11H2,1-2H3;7-8H,3-6,9-10H2,1-2H3. The summed E-state index contributed by atoms with van der Waals surface area (Å²) >= 11 is 0. The quantitative estimate of drug-likeness (QED) is 0.470. The van der Waals surface area contributed by atoms with Crippen LogP contribution in [-0.4, -0.2) is 26.2 Å². The Balaban J connectivity index is 0. The van der Waals surface area contributed by atoms with Crippen molar-refractivity contribution in [3.8, 4) is 0 Å². The van der Waals surface area contributed by atoms with Crippen LogP contribution in [0, 0.1) is 23.7 Å². The molecule has 0 bridgehead atoms. The van der Waals surface area contributed by atoms with Crippen molar-refractivity contribution in [2.24, 2.45) is 46.6 Å². The Kier molecular flexibility index (Phi) is 17.8. The van der Waals surface area contributed by atoms with E-state index in [1.807, 2.05) is 0 Å². The zero-order valence-corrected chi connectivity index (χ0v) is 15.0. The van der Waals surface area contributed by atoms with Gasteiger partial charge in [-0.25, -0.2) is 0 Å². The smallest absolute Gasteiger partial charge is 0.00515 e. The highest BCUT2D eigenvalue weighted by molar-refractivity contribution is 4.59. The van der Waals surface area contributed by atoms with Crippen molar-refractivity contribution in [2.75, 3.05) is 26.2 Å². The fourth-order valence-electron chi connectivity index (χ4n) is 1.92. The van der Waals surface area contributed by atoms with Gasteiger partial charge in [-0.15, -0.1) is 0 Å². The van der Waals surface area contributed by atoms with Crippen molar-refractivity contribution in [3.63, 3.8) is 0 Å². The van der Waals surface area contributed by atoms with Gasteiger partial charge in [0.25, 0.3) is 0 Å². The second-order valence-electron chi connectivity index (χ2n) is 6.86. The summed E-state index contributed by atoms with van der Waals surface area (Å²) in [7, 11) is 0. The van der Waals surface area contributed by atoms with Gasteiger partial charge in [0.2, 0.25) is 0 Å². The van der Waals surface area contributed by atoms with E-state index in [0.29, 0.717) is 17.8 Å². The van der Waals surface area contributed by atoms with E-state index in [1.165, 1.54) is 25.7 Å². The summed E-state index contributed by atoms with van der Waals surface area (Å²) in [5, 5.41) is 0. The van der Waals surface area contributed by atoms with E-state index in [2.05, 4.69) is 27.7 Å². The maximum atomic E-state index is 5.51. The molecule has 0 aromatic carbocycles. The van der Waals surface area contributed by atoms with Crippen molar-refractivity contribution >= 4 is 0 Å². The number of rotatable bonds is 11. The predicted molar refractivity (Wildman–Crippen MR) is 96.0 cm³/mol. The summed E-state index contributed by atoms with van der Waals surface area (Å²) in [5.41, 5.74) is 21.9. The van der Waals surface area contributed by atoms with Crippen LogP contribution in [0.25, 0.3) is 0 Å². The summed E-state index contributed by atoms with van der Waals surface area (Å²) in [4.78, 5) is 0. The topological polar surface area (TPSA) is 104 Å². The zero-order chi connectivity index (χ0) is 16.7. The van der Waals surface area contributed by atoms with Gasteiger partial charge < -0.3 is 22.9 Å². The molecule has 21 heavy (non-hydrogen) atoms. The normalized spacial score (nSPS) is 16.6. The SMILES string of the molecule is CC(CN)CCC(C)CCN.CC(CN)CCC(C)CN. The van der Waals surface area contributed by atoms with E-state index in [1.54, 1.807) is 0 Å². The average Bonchev–Trinajstić information content (AvgIpc) is 2.50. The third-order valence-corrected chi connectivity index (χ3v) is 4.17. The minimum Gasteiger partial charge on any atom is -0.330 e. The first kappa shape index (κ1) is 23.1. The van der Waals surface area contributed by atoms with E-state index < -0.39 is 0 Å². The van der Waals surface area contributed by atoms with Crippen molar-refractivity contribution < 1.29 is 0 Å². The van der Waals surface area contributed by atoms with Crippen LogP contribution in [0.5, 0.6) is 0 Å². The lowest BCUT2D eigenvalue weighted by atomic mass is 9.96. The molecule has 0 saturated carbocycles. The first-order valence-electron chi connectivity index (χ1n) is 8.71. The molecule has 4 heteroatoms. The highest BCUT2D eigenvalue weighted by Gasteiger charge is 2.04. The first-order valence-corrected chi connectivity index (χ1v) is 8.71. The lowest BCUT2D eigenvalue weighted by Gasteiger charge is -2.12.